The highest BCUT2D eigenvalue weighted by molar-refractivity contribution is 7.99. The van der Waals surface area contributed by atoms with E-state index in [4.69, 9.17) is 0 Å². The Bertz CT molecular complexity index is 984. The van der Waals surface area contributed by atoms with Crippen LogP contribution >= 0.6 is 11.8 Å². The van der Waals surface area contributed by atoms with Gasteiger partial charge in [0.2, 0.25) is 5.91 Å². The van der Waals surface area contributed by atoms with E-state index in [0.717, 1.165) is 42.6 Å². The van der Waals surface area contributed by atoms with Gasteiger partial charge in [-0.15, -0.1) is 10.2 Å². The van der Waals surface area contributed by atoms with Crippen molar-refractivity contribution in [1.29, 1.82) is 0 Å². The molecule has 0 spiro atoms. The lowest BCUT2D eigenvalue weighted by Gasteiger charge is -2.36. The molecular weight excluding hydrogens is 396 g/mol. The fourth-order valence-electron chi connectivity index (χ4n) is 3.60. The number of carbonyl (C=O) groups excluding carboxylic acids is 1. The number of rotatable bonds is 6. The summed E-state index contributed by atoms with van der Waals surface area (Å²) in [4.78, 5) is 21.3. The van der Waals surface area contributed by atoms with Crippen LogP contribution in [0.2, 0.25) is 0 Å². The zero-order chi connectivity index (χ0) is 20.9. The second-order valence-corrected chi connectivity index (χ2v) is 8.79. The van der Waals surface area contributed by atoms with Gasteiger partial charge in [-0.3, -0.25) is 9.78 Å². The van der Waals surface area contributed by atoms with Crippen molar-refractivity contribution in [3.63, 3.8) is 0 Å². The highest BCUT2D eigenvalue weighted by Gasteiger charge is 2.22. The zero-order valence-electron chi connectivity index (χ0n) is 17.3. The maximum Gasteiger partial charge on any atom is 0.227 e. The Morgan fingerprint density at radius 3 is 2.70 bits per heavy atom. The van der Waals surface area contributed by atoms with Crippen molar-refractivity contribution in [1.82, 2.24) is 24.6 Å². The average Bonchev–Trinajstić information content (AvgIpc) is 3.19. The molecule has 2 aromatic heterocycles. The third-order valence-corrected chi connectivity index (χ3v) is 6.58. The first kappa shape index (κ1) is 20.4. The molecule has 0 bridgehead atoms. The Morgan fingerprint density at radius 2 is 2.00 bits per heavy atom. The maximum absolute atomic E-state index is 12.9. The highest BCUT2D eigenvalue weighted by Crippen LogP contribution is 2.33. The SMILES string of the molecule is C[C@H](Sc1nncn1C)c1cccc(CC(=O)N2CCN(c3cccnc3)CC2)c1. The summed E-state index contributed by atoms with van der Waals surface area (Å²) < 4.78 is 1.92. The highest BCUT2D eigenvalue weighted by atomic mass is 32.2. The van der Waals surface area contributed by atoms with Gasteiger partial charge < -0.3 is 14.4 Å². The monoisotopic (exact) mass is 422 g/mol. The number of anilines is 1. The van der Waals surface area contributed by atoms with E-state index < -0.39 is 0 Å². The van der Waals surface area contributed by atoms with Gasteiger partial charge in [0, 0.05) is 44.7 Å². The van der Waals surface area contributed by atoms with E-state index in [0.29, 0.717) is 6.42 Å². The van der Waals surface area contributed by atoms with Gasteiger partial charge in [-0.25, -0.2) is 0 Å². The normalized spacial score (nSPS) is 15.3. The molecule has 0 saturated carbocycles. The first-order valence-corrected chi connectivity index (χ1v) is 11.0. The number of pyridine rings is 1. The third kappa shape index (κ3) is 4.81. The van der Waals surface area contributed by atoms with Crippen molar-refractivity contribution in [2.75, 3.05) is 31.1 Å². The van der Waals surface area contributed by atoms with Crippen LogP contribution in [-0.4, -0.2) is 56.7 Å². The molecule has 1 aliphatic heterocycles. The van der Waals surface area contributed by atoms with E-state index in [1.807, 2.05) is 40.9 Å². The Morgan fingerprint density at radius 1 is 1.17 bits per heavy atom. The largest absolute Gasteiger partial charge is 0.367 e. The van der Waals surface area contributed by atoms with Crippen LogP contribution in [0, 0.1) is 0 Å². The van der Waals surface area contributed by atoms with Gasteiger partial charge in [0.25, 0.3) is 0 Å². The molecular formula is C22H26N6OS. The summed E-state index contributed by atoms with van der Waals surface area (Å²) in [5, 5.41) is 9.20. The Labute approximate surface area is 181 Å². The molecule has 3 heterocycles. The molecule has 8 heteroatoms. The summed E-state index contributed by atoms with van der Waals surface area (Å²) in [6.07, 6.45) is 5.80. The van der Waals surface area contributed by atoms with Crippen LogP contribution in [-0.2, 0) is 18.3 Å². The molecule has 156 valence electrons. The lowest BCUT2D eigenvalue weighted by molar-refractivity contribution is -0.130. The number of amides is 1. The van der Waals surface area contributed by atoms with E-state index in [1.54, 1.807) is 24.3 Å². The van der Waals surface area contributed by atoms with Crippen LogP contribution in [0.15, 0.2) is 60.3 Å². The van der Waals surface area contributed by atoms with Gasteiger partial charge >= 0.3 is 0 Å². The smallest absolute Gasteiger partial charge is 0.227 e. The molecule has 1 amide bonds. The minimum Gasteiger partial charge on any atom is -0.367 e. The minimum atomic E-state index is 0.187. The van der Waals surface area contributed by atoms with Gasteiger partial charge in [-0.1, -0.05) is 36.0 Å². The van der Waals surface area contributed by atoms with Gasteiger partial charge in [0.05, 0.1) is 18.3 Å². The minimum absolute atomic E-state index is 0.187. The van der Waals surface area contributed by atoms with Crippen LogP contribution < -0.4 is 4.90 Å². The van der Waals surface area contributed by atoms with E-state index in [-0.39, 0.29) is 11.2 Å². The van der Waals surface area contributed by atoms with Crippen LogP contribution in [0.5, 0.6) is 0 Å². The fourth-order valence-corrected chi connectivity index (χ4v) is 4.51. The topological polar surface area (TPSA) is 67.2 Å². The first-order chi connectivity index (χ1) is 14.6. The molecule has 1 fully saturated rings. The molecule has 7 nitrogen and oxygen atoms in total. The summed E-state index contributed by atoms with van der Waals surface area (Å²) in [5.41, 5.74) is 3.36. The second-order valence-electron chi connectivity index (χ2n) is 7.49. The molecule has 0 radical (unpaired) electrons. The number of piperazine rings is 1. The van der Waals surface area contributed by atoms with E-state index >= 15 is 0 Å². The zero-order valence-corrected chi connectivity index (χ0v) is 18.1. The molecule has 30 heavy (non-hydrogen) atoms. The predicted octanol–water partition coefficient (Wildman–Crippen LogP) is 2.95. The van der Waals surface area contributed by atoms with Crippen molar-refractivity contribution in [2.45, 2.75) is 23.8 Å². The van der Waals surface area contributed by atoms with E-state index in [9.17, 15) is 4.79 Å². The van der Waals surface area contributed by atoms with Gasteiger partial charge in [0.15, 0.2) is 5.16 Å². The van der Waals surface area contributed by atoms with Crippen molar-refractivity contribution < 1.29 is 4.79 Å². The standard InChI is InChI=1S/C22H26N6OS/c1-17(30-22-25-24-16-26(22)2)19-6-3-5-18(13-19)14-21(29)28-11-9-27(10-12-28)20-7-4-8-23-15-20/h3-8,13,15-17H,9-12,14H2,1-2H3/t17-/m0/s1. The van der Waals surface area contributed by atoms with Crippen molar-refractivity contribution in [2.24, 2.45) is 7.05 Å². The van der Waals surface area contributed by atoms with Crippen LogP contribution in [0.4, 0.5) is 5.69 Å². The molecule has 0 unspecified atom stereocenters. The molecule has 1 atom stereocenters. The number of thioether (sulfide) groups is 1. The van der Waals surface area contributed by atoms with Crippen molar-refractivity contribution >= 4 is 23.4 Å². The van der Waals surface area contributed by atoms with Gasteiger partial charge in [-0.2, -0.15) is 0 Å². The quantitative estimate of drug-likeness (QED) is 0.569. The number of aryl methyl sites for hydroxylation is 1. The number of hydrogen-bond acceptors (Lipinski definition) is 6. The van der Waals surface area contributed by atoms with Crippen LogP contribution in [0.25, 0.3) is 0 Å². The van der Waals surface area contributed by atoms with E-state index in [1.165, 1.54) is 5.56 Å². The Hall–Kier alpha value is -2.87. The second kappa shape index (κ2) is 9.30. The van der Waals surface area contributed by atoms with Crippen LogP contribution in [0.3, 0.4) is 0 Å². The van der Waals surface area contributed by atoms with Gasteiger partial charge in [-0.05, 0) is 30.2 Å². The molecule has 1 aromatic carbocycles. The lowest BCUT2D eigenvalue weighted by Crippen LogP contribution is -2.49. The number of hydrogen-bond donors (Lipinski definition) is 0. The lowest BCUT2D eigenvalue weighted by atomic mass is 10.1. The molecule has 0 aliphatic carbocycles. The summed E-state index contributed by atoms with van der Waals surface area (Å²) in [6.45, 7) is 5.31. The predicted molar refractivity (Wildman–Crippen MR) is 118 cm³/mol. The maximum atomic E-state index is 12.9. The van der Waals surface area contributed by atoms with Crippen molar-refractivity contribution in [3.8, 4) is 0 Å². The molecule has 4 rings (SSSR count). The molecule has 1 aliphatic rings. The summed E-state index contributed by atoms with van der Waals surface area (Å²) in [7, 11) is 1.94. The van der Waals surface area contributed by atoms with Crippen molar-refractivity contribution in [3.05, 3.63) is 66.2 Å². The van der Waals surface area contributed by atoms with Gasteiger partial charge in [0.1, 0.15) is 6.33 Å². The number of nitrogens with zero attached hydrogens (tertiary/aromatic N) is 6. The number of aromatic nitrogens is 4. The molecule has 0 N–H and O–H groups in total. The summed E-state index contributed by atoms with van der Waals surface area (Å²) >= 11 is 1.67. The third-order valence-electron chi connectivity index (χ3n) is 5.37. The molecule has 3 aromatic rings. The van der Waals surface area contributed by atoms with E-state index in [2.05, 4.69) is 45.2 Å². The number of benzene rings is 1. The molecule has 1 saturated heterocycles. The number of carbonyl (C=O) groups is 1. The fraction of sp³-hybridized carbons (Fsp3) is 0.364. The Kier molecular flexibility index (Phi) is 6.32. The Balaban J connectivity index is 1.34. The van der Waals surface area contributed by atoms with Crippen LogP contribution in [0.1, 0.15) is 23.3 Å². The summed E-state index contributed by atoms with van der Waals surface area (Å²) in [6, 6.07) is 12.3. The first-order valence-electron chi connectivity index (χ1n) is 10.1. The average molecular weight is 423 g/mol. The summed E-state index contributed by atoms with van der Waals surface area (Å²) in [5.74, 6) is 0.187.